The van der Waals surface area contributed by atoms with Crippen LogP contribution in [0.4, 0.5) is 0 Å². The average Bonchev–Trinajstić information content (AvgIpc) is 2.39. The molecule has 0 aromatic heterocycles. The minimum atomic E-state index is 0. The molecule has 1 aliphatic carbocycles. The van der Waals surface area contributed by atoms with Crippen LogP contribution in [-0.4, -0.2) is 19.7 Å². The first-order valence-corrected chi connectivity index (χ1v) is 7.03. The molecule has 3 heteroatoms. The zero-order chi connectivity index (χ0) is 12.8. The second kappa shape index (κ2) is 5.34. The first kappa shape index (κ1) is 14.7. The summed E-state index contributed by atoms with van der Waals surface area (Å²) < 4.78 is 5.39. The Hall–Kier alpha value is -0.730. The Morgan fingerprint density at radius 2 is 2.11 bits per heavy atom. The third-order valence-electron chi connectivity index (χ3n) is 4.96. The molecule has 106 valence electrons. The van der Waals surface area contributed by atoms with Crippen molar-refractivity contribution in [1.82, 2.24) is 5.32 Å². The fourth-order valence-corrected chi connectivity index (χ4v) is 3.93. The number of hydrogen-bond acceptors (Lipinski definition) is 2. The van der Waals surface area contributed by atoms with Crippen LogP contribution in [0.2, 0.25) is 0 Å². The van der Waals surface area contributed by atoms with Gasteiger partial charge in [0.15, 0.2) is 0 Å². The van der Waals surface area contributed by atoms with Crippen molar-refractivity contribution in [2.24, 2.45) is 5.92 Å². The number of rotatable bonds is 1. The molecule has 2 unspecified atom stereocenters. The van der Waals surface area contributed by atoms with Crippen molar-refractivity contribution in [3.8, 4) is 5.75 Å². The standard InChI is InChI=1S/C16H23NO.ClH/c1-16(2)13-5-4-8-17-15(13)9-11-6-7-12(18-3)10-14(11)16;/h6-7,10,13,15,17H,4-5,8-9H2,1-3H3;1H. The largest absolute Gasteiger partial charge is 0.497 e. The summed E-state index contributed by atoms with van der Waals surface area (Å²) in [4.78, 5) is 0. The molecule has 1 aromatic rings. The van der Waals surface area contributed by atoms with Gasteiger partial charge in [-0.15, -0.1) is 12.4 Å². The average molecular weight is 282 g/mol. The molecule has 0 radical (unpaired) electrons. The van der Waals surface area contributed by atoms with E-state index in [1.165, 1.54) is 36.9 Å². The SMILES string of the molecule is COc1ccc2c(c1)C(C)(C)C1CCCNC1C2.Cl. The van der Waals surface area contributed by atoms with Crippen LogP contribution in [0.1, 0.15) is 37.8 Å². The lowest BCUT2D eigenvalue weighted by atomic mass is 9.61. The second-order valence-corrected chi connectivity index (χ2v) is 6.26. The Kier molecular flexibility index (Phi) is 4.12. The lowest BCUT2D eigenvalue weighted by molar-refractivity contribution is 0.168. The highest BCUT2D eigenvalue weighted by Crippen LogP contribution is 2.45. The molecule has 0 bridgehead atoms. The molecule has 1 aliphatic heterocycles. The zero-order valence-electron chi connectivity index (χ0n) is 12.0. The van der Waals surface area contributed by atoms with E-state index in [4.69, 9.17) is 4.74 Å². The third-order valence-corrected chi connectivity index (χ3v) is 4.96. The first-order chi connectivity index (χ1) is 8.63. The summed E-state index contributed by atoms with van der Waals surface area (Å²) in [5.74, 6) is 1.75. The molecule has 0 spiro atoms. The number of nitrogens with one attached hydrogen (secondary N) is 1. The zero-order valence-corrected chi connectivity index (χ0v) is 12.8. The van der Waals surface area contributed by atoms with Crippen LogP contribution in [0.25, 0.3) is 0 Å². The molecule has 2 nitrogen and oxygen atoms in total. The molecule has 1 heterocycles. The van der Waals surface area contributed by atoms with Gasteiger partial charge in [0.1, 0.15) is 5.75 Å². The maximum Gasteiger partial charge on any atom is 0.119 e. The number of piperidine rings is 1. The number of hydrogen-bond donors (Lipinski definition) is 1. The lowest BCUT2D eigenvalue weighted by Gasteiger charge is -2.48. The quantitative estimate of drug-likeness (QED) is 0.853. The van der Waals surface area contributed by atoms with Crippen LogP contribution in [0.15, 0.2) is 18.2 Å². The Bertz CT molecular complexity index is 458. The first-order valence-electron chi connectivity index (χ1n) is 7.03. The summed E-state index contributed by atoms with van der Waals surface area (Å²) in [6, 6.07) is 7.26. The van der Waals surface area contributed by atoms with Crippen molar-refractivity contribution < 1.29 is 4.74 Å². The fraction of sp³-hybridized carbons (Fsp3) is 0.625. The van der Waals surface area contributed by atoms with E-state index in [0.29, 0.717) is 6.04 Å². The Morgan fingerprint density at radius 1 is 1.32 bits per heavy atom. The summed E-state index contributed by atoms with van der Waals surface area (Å²) in [6.45, 7) is 5.98. The van der Waals surface area contributed by atoms with Crippen LogP contribution < -0.4 is 10.1 Å². The van der Waals surface area contributed by atoms with E-state index in [1.54, 1.807) is 7.11 Å². The number of halogens is 1. The maximum atomic E-state index is 5.39. The Balaban J connectivity index is 0.00000133. The van der Waals surface area contributed by atoms with Crippen molar-refractivity contribution in [3.63, 3.8) is 0 Å². The highest BCUT2D eigenvalue weighted by atomic mass is 35.5. The van der Waals surface area contributed by atoms with Gasteiger partial charge in [-0.25, -0.2) is 0 Å². The minimum absolute atomic E-state index is 0. The highest BCUT2D eigenvalue weighted by molar-refractivity contribution is 5.85. The molecule has 0 amide bonds. The summed E-state index contributed by atoms with van der Waals surface area (Å²) in [5.41, 5.74) is 3.24. The van der Waals surface area contributed by atoms with Crippen molar-refractivity contribution in [2.45, 2.75) is 44.6 Å². The van der Waals surface area contributed by atoms with Gasteiger partial charge in [-0.2, -0.15) is 0 Å². The molecule has 1 fully saturated rings. The van der Waals surface area contributed by atoms with Crippen LogP contribution in [0.3, 0.4) is 0 Å². The molecule has 0 saturated carbocycles. The van der Waals surface area contributed by atoms with Gasteiger partial charge in [-0.3, -0.25) is 0 Å². The van der Waals surface area contributed by atoms with Gasteiger partial charge >= 0.3 is 0 Å². The number of fused-ring (bicyclic) bond motifs is 2. The second-order valence-electron chi connectivity index (χ2n) is 6.26. The Morgan fingerprint density at radius 3 is 2.84 bits per heavy atom. The topological polar surface area (TPSA) is 21.3 Å². The Labute approximate surface area is 122 Å². The number of benzene rings is 1. The van der Waals surface area contributed by atoms with E-state index in [0.717, 1.165) is 11.7 Å². The lowest BCUT2D eigenvalue weighted by Crippen LogP contribution is -2.53. The summed E-state index contributed by atoms with van der Waals surface area (Å²) in [6.07, 6.45) is 3.83. The number of methoxy groups -OCH3 is 1. The molecule has 2 atom stereocenters. The molecule has 2 aliphatic rings. The van der Waals surface area contributed by atoms with E-state index in [9.17, 15) is 0 Å². The van der Waals surface area contributed by atoms with Gasteiger partial charge in [0.05, 0.1) is 7.11 Å². The van der Waals surface area contributed by atoms with Crippen LogP contribution in [0.5, 0.6) is 5.75 Å². The third kappa shape index (κ3) is 2.36. The molecular weight excluding hydrogens is 258 g/mol. The van der Waals surface area contributed by atoms with Gasteiger partial charge in [0, 0.05) is 6.04 Å². The van der Waals surface area contributed by atoms with E-state index in [1.807, 2.05) is 0 Å². The highest BCUT2D eigenvalue weighted by Gasteiger charge is 2.43. The predicted molar refractivity (Wildman–Crippen MR) is 81.5 cm³/mol. The van der Waals surface area contributed by atoms with Crippen molar-refractivity contribution in [1.29, 1.82) is 0 Å². The molecule has 1 N–H and O–H groups in total. The van der Waals surface area contributed by atoms with Gasteiger partial charge < -0.3 is 10.1 Å². The predicted octanol–water partition coefficient (Wildman–Crippen LogP) is 3.32. The van der Waals surface area contributed by atoms with Crippen LogP contribution >= 0.6 is 12.4 Å². The van der Waals surface area contributed by atoms with E-state index < -0.39 is 0 Å². The van der Waals surface area contributed by atoms with E-state index in [-0.39, 0.29) is 17.8 Å². The van der Waals surface area contributed by atoms with Gasteiger partial charge in [-0.05, 0) is 60.4 Å². The summed E-state index contributed by atoms with van der Waals surface area (Å²) in [5, 5.41) is 3.71. The van der Waals surface area contributed by atoms with Gasteiger partial charge in [-0.1, -0.05) is 19.9 Å². The molecule has 19 heavy (non-hydrogen) atoms. The van der Waals surface area contributed by atoms with E-state index >= 15 is 0 Å². The monoisotopic (exact) mass is 281 g/mol. The summed E-state index contributed by atoms with van der Waals surface area (Å²) in [7, 11) is 1.75. The molecule has 3 rings (SSSR count). The smallest absolute Gasteiger partial charge is 0.119 e. The normalized spacial score (nSPS) is 27.7. The van der Waals surface area contributed by atoms with Crippen molar-refractivity contribution in [3.05, 3.63) is 29.3 Å². The fourth-order valence-electron chi connectivity index (χ4n) is 3.93. The maximum absolute atomic E-state index is 5.39. The molecule has 1 saturated heterocycles. The van der Waals surface area contributed by atoms with Gasteiger partial charge in [0.2, 0.25) is 0 Å². The van der Waals surface area contributed by atoms with E-state index in [2.05, 4.69) is 37.4 Å². The number of ether oxygens (including phenoxy) is 1. The summed E-state index contributed by atoms with van der Waals surface area (Å²) >= 11 is 0. The van der Waals surface area contributed by atoms with Gasteiger partial charge in [0.25, 0.3) is 0 Å². The van der Waals surface area contributed by atoms with Crippen LogP contribution in [0, 0.1) is 5.92 Å². The van der Waals surface area contributed by atoms with Crippen molar-refractivity contribution in [2.75, 3.05) is 13.7 Å². The van der Waals surface area contributed by atoms with Crippen molar-refractivity contribution >= 4 is 12.4 Å². The molecular formula is C16H24ClNO. The molecule has 1 aromatic carbocycles. The minimum Gasteiger partial charge on any atom is -0.497 e. The van der Waals surface area contributed by atoms with Crippen LogP contribution in [-0.2, 0) is 11.8 Å².